The molecule has 0 bridgehead atoms. The van der Waals surface area contributed by atoms with Crippen LogP contribution >= 0.6 is 0 Å². The van der Waals surface area contributed by atoms with Gasteiger partial charge in [-0.1, -0.05) is 133 Å². The quantitative estimate of drug-likeness (QED) is 0.165. The monoisotopic (exact) mass is 1870 g/mol. The minimum atomic E-state index is 0. The van der Waals surface area contributed by atoms with Gasteiger partial charge in [0.1, 0.15) is 0 Å². The average Bonchev–Trinajstić information content (AvgIpc) is 0.733. The number of pyridine rings is 4. The molecule has 0 N–H and O–H groups in total. The first-order valence-corrected chi connectivity index (χ1v) is 33.3. The second-order valence-electron chi connectivity index (χ2n) is 27.7. The smallest absolute Gasteiger partial charge is 0.358 e. The van der Waals surface area contributed by atoms with Crippen LogP contribution in [0.4, 0.5) is 0 Å². The molecule has 4 nitrogen and oxygen atoms in total. The Balaban J connectivity index is -0.000000407. The fraction of sp³-hybridized carbons (Fsp3) is 0.391. The maximum Gasteiger partial charge on any atom is 3.00 e. The number of hydrogen-bond acceptors (Lipinski definition) is 4. The van der Waals surface area contributed by atoms with Gasteiger partial charge in [-0.25, -0.2) is 0 Å². The normalized spacial score (nSPS) is 10.6. The van der Waals surface area contributed by atoms with Gasteiger partial charge in [0, 0.05) is 51.7 Å². The van der Waals surface area contributed by atoms with Crippen molar-refractivity contribution in [2.24, 2.45) is 0 Å². The van der Waals surface area contributed by atoms with E-state index < -0.39 is 0 Å². The summed E-state index contributed by atoms with van der Waals surface area (Å²) in [6, 6.07) is 14.4. The van der Waals surface area contributed by atoms with Crippen LogP contribution in [-0.2, 0) is 60.3 Å². The van der Waals surface area contributed by atoms with E-state index in [1.807, 2.05) is 0 Å². The Morgan fingerprint density at radius 1 is 0.182 bits per heavy atom. The summed E-state index contributed by atoms with van der Waals surface area (Å²) < 4.78 is 20.0. The molecule has 99 heavy (non-hydrogen) atoms. The summed E-state index contributed by atoms with van der Waals surface area (Å²) in [5, 5.41) is 5.35. The van der Waals surface area contributed by atoms with Crippen molar-refractivity contribution in [1.82, 2.24) is 19.9 Å². The SMILES string of the molecule is Cc1[c-]c(-c2nc(C)c(C)c(C)c2C)c(C)c(C)c1C.Cc1[c-]c(-c2nc(C)c(C)c(C)c2C)c(C)c(C)c1C.Cc1[c-]c(-c2nc(C)c(C)c3c(C)c(C)c(C)c(C)c23)c(C)c(C)c1C.Cc1[c-]c(-c2nc(C)c(C)c3c(C)c(C)c(C)c(C)c23)c(C)c(C)c1C.[2HH].[2HH].[2H][2H].[2H][2H].[CH3-].[CH3-].[CH3-].[CH3-].[Ir+3].[Ir+3].[Ir]. The molecule has 0 spiro atoms. The molecule has 0 unspecified atom stereocenters. The Hall–Kier alpha value is -5.61. The molecule has 10 rings (SSSR count). The molecule has 1 radical (unpaired) electrons. The van der Waals surface area contributed by atoms with Crippen LogP contribution in [0.3, 0.4) is 0 Å². The van der Waals surface area contributed by atoms with E-state index in [-0.39, 0.29) is 92.9 Å². The molecule has 0 fully saturated rings. The van der Waals surface area contributed by atoms with Gasteiger partial charge in [-0.2, -0.15) is 0 Å². The van der Waals surface area contributed by atoms with Crippen LogP contribution in [-0.4, -0.2) is 19.9 Å². The molecule has 0 aliphatic heterocycles. The second kappa shape index (κ2) is 36.0. The zero-order valence-electron chi connectivity index (χ0n) is 72.8. The molecule has 545 valence electrons. The Bertz CT molecular complexity index is 4330. The third kappa shape index (κ3) is 17.1. The standard InChI is InChI=1S/2C25H30N.2C19H24N.4CH3.3Ir.4H2/c2*1-12-11-22(17(6)14(3)13(12)2)25-24-19(8)16(5)15(4)18(7)23(24)20(9)21(10)26-25;2*1-10-9-18(15(6)12(3)11(10)2)19-16(7)13(4)14(5)17(8)20-19;;;;;;;;;;;/h2*1-10H3;2*1-8H3;4*1H3;;;;4*1H/q8*-1;;2*+3;;;;/i;;;;;;;;;;;2*1+1D;2*1+1. The minimum Gasteiger partial charge on any atom is -0.358 e. The molecular weight excluding hydrogens is 1740 g/mol. The first-order chi connectivity index (χ1) is 44.6. The zero-order valence-corrected chi connectivity index (χ0v) is 76.0. The van der Waals surface area contributed by atoms with E-state index in [0.29, 0.717) is 0 Å². The summed E-state index contributed by atoms with van der Waals surface area (Å²) in [5.74, 6) is 0. The van der Waals surface area contributed by atoms with Crippen molar-refractivity contribution in [1.29, 1.82) is 0 Å². The first kappa shape index (κ1) is 89.5. The van der Waals surface area contributed by atoms with Crippen LogP contribution in [0, 0.1) is 303 Å². The van der Waals surface area contributed by atoms with Gasteiger partial charge in [0.2, 0.25) is 0 Å². The number of nitrogens with zero attached hydrogens (tertiary/aromatic N) is 4. The van der Waals surface area contributed by atoms with Crippen LogP contribution in [0.2, 0.25) is 0 Å². The van der Waals surface area contributed by atoms with Crippen molar-refractivity contribution >= 4 is 21.5 Å². The van der Waals surface area contributed by atoms with Crippen molar-refractivity contribution in [3.63, 3.8) is 0 Å². The Labute approximate surface area is 654 Å². The molecular formula is C92H128Ir3N4-2. The van der Waals surface area contributed by atoms with E-state index in [4.69, 9.17) is 25.9 Å². The van der Waals surface area contributed by atoms with Crippen LogP contribution in [0.25, 0.3) is 66.6 Å². The molecule has 7 heteroatoms. The predicted molar refractivity (Wildman–Crippen MR) is 434 cm³/mol. The van der Waals surface area contributed by atoms with E-state index in [9.17, 15) is 0 Å². The fourth-order valence-electron chi connectivity index (χ4n) is 13.6. The molecule has 0 amide bonds. The van der Waals surface area contributed by atoms with Crippen LogP contribution < -0.4 is 0 Å². The van der Waals surface area contributed by atoms with Gasteiger partial charge in [-0.3, -0.25) is 0 Å². The van der Waals surface area contributed by atoms with E-state index in [1.165, 1.54) is 200 Å². The summed E-state index contributed by atoms with van der Waals surface area (Å²) >= 11 is 0. The van der Waals surface area contributed by atoms with Gasteiger partial charge in [0.05, 0.1) is 0 Å². The molecule has 0 aliphatic carbocycles. The third-order valence-electron chi connectivity index (χ3n) is 23.3. The maximum atomic E-state index is 5.09. The summed E-state index contributed by atoms with van der Waals surface area (Å²) in [7, 11) is 0. The van der Waals surface area contributed by atoms with Crippen molar-refractivity contribution in [2.45, 2.75) is 249 Å². The van der Waals surface area contributed by atoms with Gasteiger partial charge in [-0.05, 0) is 250 Å². The van der Waals surface area contributed by atoms with E-state index in [2.05, 4.69) is 274 Å². The van der Waals surface area contributed by atoms with E-state index in [1.54, 1.807) is 0 Å². The largest absolute Gasteiger partial charge is 3.00 e. The van der Waals surface area contributed by atoms with Gasteiger partial charge in [0.25, 0.3) is 0 Å². The van der Waals surface area contributed by atoms with E-state index >= 15 is 0 Å². The molecule has 0 saturated heterocycles. The minimum absolute atomic E-state index is 0. The Morgan fingerprint density at radius 3 is 0.566 bits per heavy atom. The Morgan fingerprint density at radius 2 is 0.343 bits per heavy atom. The number of aromatic nitrogens is 4. The number of benzene rings is 6. The molecule has 4 heterocycles. The number of hydrogen-bond donors (Lipinski definition) is 0. The van der Waals surface area contributed by atoms with Crippen LogP contribution in [0.5, 0.6) is 0 Å². The predicted octanol–water partition coefficient (Wildman–Crippen LogP) is 26.4. The van der Waals surface area contributed by atoms with Gasteiger partial charge in [0.15, 0.2) is 0 Å². The van der Waals surface area contributed by atoms with Crippen LogP contribution in [0.15, 0.2) is 0 Å². The Kier molecular flexibility index (Phi) is 32.5. The molecule has 0 aliphatic rings. The average molecular weight is 1870 g/mol. The zero-order chi connectivity index (χ0) is 73.4. The molecule has 4 aromatic heterocycles. The summed E-state index contributed by atoms with van der Waals surface area (Å²) in [5.41, 5.74) is 55.7. The van der Waals surface area contributed by atoms with Crippen molar-refractivity contribution in [3.05, 3.63) is 255 Å². The molecule has 0 atom stereocenters. The molecule has 10 aromatic rings. The van der Waals surface area contributed by atoms with Gasteiger partial charge >= 0.3 is 40.2 Å². The first-order valence-electron chi connectivity index (χ1n) is 35.3. The second-order valence-corrected chi connectivity index (χ2v) is 27.7. The van der Waals surface area contributed by atoms with Crippen molar-refractivity contribution in [3.8, 4) is 45.0 Å². The number of fused-ring (bicyclic) bond motifs is 2. The van der Waals surface area contributed by atoms with E-state index in [0.717, 1.165) is 67.8 Å². The number of rotatable bonds is 4. The van der Waals surface area contributed by atoms with Crippen molar-refractivity contribution in [2.75, 3.05) is 0 Å². The van der Waals surface area contributed by atoms with Gasteiger partial charge < -0.3 is 49.6 Å². The topological polar surface area (TPSA) is 51.6 Å². The van der Waals surface area contributed by atoms with Crippen LogP contribution in [0.1, 0.15) is 210 Å². The number of aryl methyl sites for hydroxylation is 14. The maximum absolute atomic E-state index is 5.09. The fourth-order valence-corrected chi connectivity index (χ4v) is 13.6. The summed E-state index contributed by atoms with van der Waals surface area (Å²) in [6.07, 6.45) is 0. The summed E-state index contributed by atoms with van der Waals surface area (Å²) in [6.45, 7) is 78.7. The third-order valence-corrected chi connectivity index (χ3v) is 23.3. The van der Waals surface area contributed by atoms with Crippen molar-refractivity contribution < 1.29 is 69.1 Å². The molecule has 6 aromatic carbocycles. The van der Waals surface area contributed by atoms with Gasteiger partial charge in [-0.15, -0.1) is 136 Å². The summed E-state index contributed by atoms with van der Waals surface area (Å²) in [4.78, 5) is 19.9. The molecule has 0 saturated carbocycles.